The Morgan fingerprint density at radius 2 is 1.14 bits per heavy atom. The van der Waals surface area contributed by atoms with Gasteiger partial charge in [0.2, 0.25) is 0 Å². The molecule has 0 amide bonds. The molecule has 168 valence electrons. The number of carbonyl (C=O) groups excluding carboxylic acids is 1. The average molecular weight is 419 g/mol. The Morgan fingerprint density at radius 1 is 0.714 bits per heavy atom. The molecule has 0 heterocycles. The van der Waals surface area contributed by atoms with Gasteiger partial charge in [0.25, 0.3) is 0 Å². The summed E-state index contributed by atoms with van der Waals surface area (Å²) < 4.78 is 10.4. The number of hydrogen-bond acceptors (Lipinski definition) is 3. The Balaban J connectivity index is 3.42. The molecule has 0 spiro atoms. The van der Waals surface area contributed by atoms with E-state index in [1.807, 2.05) is 0 Å². The third-order valence-corrected chi connectivity index (χ3v) is 5.69. The quantitative estimate of drug-likeness (QED) is 0.101. The fraction of sp³-hybridized carbons (Fsp3) is 0.958. The Hall–Kier alpha value is -0.280. The topological polar surface area (TPSA) is 35.5 Å². The number of rotatable bonds is 22. The lowest BCUT2D eigenvalue weighted by atomic mass is 10.0. The molecule has 0 aliphatic carbocycles. The van der Waals surface area contributed by atoms with Crippen LogP contribution in [0.5, 0.6) is 0 Å². The van der Waals surface area contributed by atoms with Crippen LogP contribution in [0.4, 0.5) is 0 Å². The number of carbonyl (C=O) groups is 1. The summed E-state index contributed by atoms with van der Waals surface area (Å²) in [7, 11) is 1.46. The second-order valence-electron chi connectivity index (χ2n) is 8.10. The van der Waals surface area contributed by atoms with Gasteiger partial charge in [0.05, 0.1) is 13.2 Å². The predicted molar refractivity (Wildman–Crippen MR) is 121 cm³/mol. The number of hydrogen-bond donors (Lipinski definition) is 0. The molecule has 0 rings (SSSR count). The van der Waals surface area contributed by atoms with Crippen molar-refractivity contribution in [2.24, 2.45) is 0 Å². The third-order valence-electron chi connectivity index (χ3n) is 5.56. The van der Waals surface area contributed by atoms with Crippen LogP contribution >= 0.6 is 11.6 Å². The zero-order valence-electron chi connectivity index (χ0n) is 18.8. The van der Waals surface area contributed by atoms with E-state index in [1.165, 1.54) is 103 Å². The van der Waals surface area contributed by atoms with E-state index >= 15 is 0 Å². The summed E-state index contributed by atoms with van der Waals surface area (Å²) in [4.78, 5) is 11.0. The van der Waals surface area contributed by atoms with Crippen molar-refractivity contribution in [3.63, 3.8) is 0 Å². The molecular weight excluding hydrogens is 372 g/mol. The minimum Gasteiger partial charge on any atom is -0.469 e. The van der Waals surface area contributed by atoms with Gasteiger partial charge in [-0.15, -0.1) is 0 Å². The zero-order chi connectivity index (χ0) is 20.7. The molecule has 0 aromatic rings. The molecule has 0 aromatic heterocycles. The van der Waals surface area contributed by atoms with Crippen LogP contribution in [0.2, 0.25) is 0 Å². The van der Waals surface area contributed by atoms with Crippen molar-refractivity contribution in [2.75, 3.05) is 13.2 Å². The monoisotopic (exact) mass is 418 g/mol. The van der Waals surface area contributed by atoms with Crippen molar-refractivity contribution < 1.29 is 14.3 Å². The summed E-state index contributed by atoms with van der Waals surface area (Å²) >= 11 is 5.80. The molecule has 0 aliphatic rings. The van der Waals surface area contributed by atoms with E-state index < -0.39 is 0 Å². The highest BCUT2D eigenvalue weighted by Gasteiger charge is 2.08. The predicted octanol–water partition coefficient (Wildman–Crippen LogP) is 8.17. The molecule has 4 heteroatoms. The van der Waals surface area contributed by atoms with Gasteiger partial charge in [-0.05, 0) is 19.3 Å². The fourth-order valence-corrected chi connectivity index (χ4v) is 3.89. The summed E-state index contributed by atoms with van der Waals surface area (Å²) in [6.45, 7) is 2.27. The van der Waals surface area contributed by atoms with E-state index in [0.29, 0.717) is 18.6 Å². The van der Waals surface area contributed by atoms with Crippen molar-refractivity contribution in [1.29, 1.82) is 0 Å². The summed E-state index contributed by atoms with van der Waals surface area (Å²) in [5.41, 5.74) is 0. The van der Waals surface area contributed by atoms with E-state index in [9.17, 15) is 4.79 Å². The van der Waals surface area contributed by atoms with Crippen LogP contribution in [-0.2, 0) is 14.3 Å². The standard InChI is InChI=1S/C24H47ClO3/c1-3-4-5-6-10-13-16-19-23(28-22-25)20-17-14-11-8-7-9-12-15-18-21-24(26)27-2/h23H,3-22H2,1-2H3. The smallest absolute Gasteiger partial charge is 0.305 e. The molecule has 0 aliphatic heterocycles. The maximum Gasteiger partial charge on any atom is 0.305 e. The fourth-order valence-electron chi connectivity index (χ4n) is 3.71. The number of ether oxygens (including phenoxy) is 2. The normalized spacial score (nSPS) is 12.2. The molecule has 0 saturated carbocycles. The number of alkyl halides is 1. The van der Waals surface area contributed by atoms with Gasteiger partial charge < -0.3 is 9.47 Å². The highest BCUT2D eigenvalue weighted by Crippen LogP contribution is 2.17. The highest BCUT2D eigenvalue weighted by atomic mass is 35.5. The molecule has 1 atom stereocenters. The van der Waals surface area contributed by atoms with Crippen molar-refractivity contribution in [3.05, 3.63) is 0 Å². The zero-order valence-corrected chi connectivity index (χ0v) is 19.6. The Bertz CT molecular complexity index is 323. The van der Waals surface area contributed by atoms with Crippen LogP contribution < -0.4 is 0 Å². The van der Waals surface area contributed by atoms with E-state index in [1.54, 1.807) is 0 Å². The summed E-state index contributed by atoms with van der Waals surface area (Å²) in [6, 6.07) is 0.331. The first kappa shape index (κ1) is 27.7. The van der Waals surface area contributed by atoms with Crippen molar-refractivity contribution in [1.82, 2.24) is 0 Å². The van der Waals surface area contributed by atoms with E-state index in [4.69, 9.17) is 16.3 Å². The lowest BCUT2D eigenvalue weighted by Gasteiger charge is -2.16. The van der Waals surface area contributed by atoms with E-state index in [0.717, 1.165) is 19.3 Å². The summed E-state index contributed by atoms with van der Waals surface area (Å²) in [6.07, 6.45) is 23.9. The molecule has 0 aromatic carbocycles. The molecule has 28 heavy (non-hydrogen) atoms. The maximum atomic E-state index is 11.0. The lowest BCUT2D eigenvalue weighted by Crippen LogP contribution is -2.12. The Morgan fingerprint density at radius 3 is 1.57 bits per heavy atom. The van der Waals surface area contributed by atoms with Gasteiger partial charge in [-0.25, -0.2) is 0 Å². The number of esters is 1. The minimum atomic E-state index is -0.0802. The SMILES string of the molecule is CCCCCCCCCC(CCCCCCCCCCCC(=O)OC)OCCl. The van der Waals surface area contributed by atoms with Gasteiger partial charge in [-0.1, -0.05) is 115 Å². The van der Waals surface area contributed by atoms with Crippen LogP contribution in [0.1, 0.15) is 129 Å². The van der Waals surface area contributed by atoms with E-state index in [2.05, 4.69) is 11.7 Å². The summed E-state index contributed by atoms with van der Waals surface area (Å²) in [5.74, 6) is -0.0802. The highest BCUT2D eigenvalue weighted by molar-refractivity contribution is 6.17. The Labute approximate surface area is 180 Å². The van der Waals surface area contributed by atoms with Gasteiger partial charge in [0.15, 0.2) is 0 Å². The van der Waals surface area contributed by atoms with Gasteiger partial charge in [-0.3, -0.25) is 4.79 Å². The first-order valence-electron chi connectivity index (χ1n) is 12.0. The lowest BCUT2D eigenvalue weighted by molar-refractivity contribution is -0.140. The number of methoxy groups -OCH3 is 1. The molecule has 0 saturated heterocycles. The number of halogens is 1. The van der Waals surface area contributed by atoms with Crippen molar-refractivity contribution in [3.8, 4) is 0 Å². The van der Waals surface area contributed by atoms with Crippen LogP contribution in [0.3, 0.4) is 0 Å². The largest absolute Gasteiger partial charge is 0.469 e. The minimum absolute atomic E-state index is 0.0802. The molecule has 0 fully saturated rings. The molecule has 0 bridgehead atoms. The van der Waals surface area contributed by atoms with Gasteiger partial charge in [-0.2, -0.15) is 0 Å². The molecule has 0 N–H and O–H groups in total. The molecule has 0 radical (unpaired) electrons. The number of unbranched alkanes of at least 4 members (excludes halogenated alkanes) is 14. The van der Waals surface area contributed by atoms with Gasteiger partial charge in [0.1, 0.15) is 6.07 Å². The van der Waals surface area contributed by atoms with Crippen LogP contribution in [0.25, 0.3) is 0 Å². The van der Waals surface area contributed by atoms with E-state index in [-0.39, 0.29) is 5.97 Å². The van der Waals surface area contributed by atoms with Crippen LogP contribution in [0.15, 0.2) is 0 Å². The molecular formula is C24H47ClO3. The van der Waals surface area contributed by atoms with Gasteiger partial charge >= 0.3 is 5.97 Å². The average Bonchev–Trinajstić information content (AvgIpc) is 2.70. The molecule has 1 unspecified atom stereocenters. The van der Waals surface area contributed by atoms with Crippen LogP contribution in [0, 0.1) is 0 Å². The summed E-state index contributed by atoms with van der Waals surface area (Å²) in [5, 5.41) is 0. The first-order valence-corrected chi connectivity index (χ1v) is 12.5. The second kappa shape index (κ2) is 23.0. The molecule has 3 nitrogen and oxygen atoms in total. The van der Waals surface area contributed by atoms with Crippen molar-refractivity contribution >= 4 is 17.6 Å². The maximum absolute atomic E-state index is 11.0. The van der Waals surface area contributed by atoms with Gasteiger partial charge in [0, 0.05) is 6.42 Å². The van der Waals surface area contributed by atoms with Crippen LogP contribution in [-0.4, -0.2) is 25.2 Å². The Kier molecular flexibility index (Phi) is 22.8. The van der Waals surface area contributed by atoms with Crippen molar-refractivity contribution in [2.45, 2.75) is 135 Å². The third kappa shape index (κ3) is 20.5. The first-order chi connectivity index (χ1) is 13.7. The second-order valence-corrected chi connectivity index (χ2v) is 8.32.